The van der Waals surface area contributed by atoms with Crippen LogP contribution in [0.25, 0.3) is 22.5 Å². The first-order chi connectivity index (χ1) is 15.1. The van der Waals surface area contributed by atoms with Crippen LogP contribution in [0.1, 0.15) is 6.92 Å². The topological polar surface area (TPSA) is 80.7 Å². The van der Waals surface area contributed by atoms with Crippen molar-refractivity contribution >= 4 is 11.9 Å². The summed E-state index contributed by atoms with van der Waals surface area (Å²) in [7, 11) is 3.27. The molecule has 1 saturated heterocycles. The number of ether oxygens (including phenoxy) is 2. The largest absolute Gasteiger partial charge is 0.496 e. The van der Waals surface area contributed by atoms with Crippen LogP contribution in [0.15, 0.2) is 48.5 Å². The lowest BCUT2D eigenvalue weighted by molar-refractivity contribution is -0.129. The number of para-hydroxylation sites is 2. The predicted molar refractivity (Wildman–Crippen MR) is 118 cm³/mol. The number of methoxy groups -OCH3 is 2. The molecule has 2 aromatic carbocycles. The summed E-state index contributed by atoms with van der Waals surface area (Å²) in [4.78, 5) is 20.4. The molecule has 0 atom stereocenters. The van der Waals surface area contributed by atoms with E-state index in [1.807, 2.05) is 53.4 Å². The van der Waals surface area contributed by atoms with Gasteiger partial charge in [-0.1, -0.05) is 24.3 Å². The lowest BCUT2D eigenvalue weighted by atomic mass is 10.0. The molecule has 0 N–H and O–H groups in total. The highest BCUT2D eigenvalue weighted by Crippen LogP contribution is 2.38. The molecule has 1 fully saturated rings. The molecule has 2 heterocycles. The van der Waals surface area contributed by atoms with E-state index in [4.69, 9.17) is 14.5 Å². The number of carbonyl (C=O) groups excluding carboxylic acids is 1. The Hall–Kier alpha value is -3.68. The molecule has 1 aliphatic heterocycles. The fourth-order valence-electron chi connectivity index (χ4n) is 3.72. The summed E-state index contributed by atoms with van der Waals surface area (Å²) < 4.78 is 11.1. The van der Waals surface area contributed by atoms with Crippen LogP contribution < -0.4 is 14.4 Å². The normalized spacial score (nSPS) is 13.8. The zero-order valence-electron chi connectivity index (χ0n) is 17.9. The van der Waals surface area contributed by atoms with Gasteiger partial charge in [0.1, 0.15) is 22.9 Å². The number of hydrogen-bond donors (Lipinski definition) is 0. The molecule has 0 radical (unpaired) electrons. The SMILES string of the molecule is COc1ccccc1-c1nnc(N2CCN(C(C)=O)CC2)nc1-c1ccccc1OC. The third-order valence-electron chi connectivity index (χ3n) is 5.41. The number of benzene rings is 2. The molecular formula is C23H25N5O3. The minimum Gasteiger partial charge on any atom is -0.496 e. The molecule has 3 aromatic rings. The zero-order chi connectivity index (χ0) is 21.8. The van der Waals surface area contributed by atoms with Gasteiger partial charge in [0, 0.05) is 44.2 Å². The van der Waals surface area contributed by atoms with Crippen LogP contribution in [0, 0.1) is 0 Å². The molecule has 8 nitrogen and oxygen atoms in total. The minimum absolute atomic E-state index is 0.0833. The van der Waals surface area contributed by atoms with Crippen molar-refractivity contribution in [1.82, 2.24) is 20.1 Å². The summed E-state index contributed by atoms with van der Waals surface area (Å²) in [6, 6.07) is 15.4. The van der Waals surface area contributed by atoms with Crippen LogP contribution in [0.2, 0.25) is 0 Å². The second kappa shape index (κ2) is 8.99. The molecule has 1 amide bonds. The van der Waals surface area contributed by atoms with E-state index in [1.54, 1.807) is 21.1 Å². The highest BCUT2D eigenvalue weighted by Gasteiger charge is 2.24. The summed E-state index contributed by atoms with van der Waals surface area (Å²) in [5.41, 5.74) is 2.91. The van der Waals surface area contributed by atoms with E-state index >= 15 is 0 Å². The Kier molecular flexibility index (Phi) is 5.97. The maximum atomic E-state index is 11.7. The van der Waals surface area contributed by atoms with Crippen LogP contribution in [-0.4, -0.2) is 66.4 Å². The molecule has 0 spiro atoms. The van der Waals surface area contributed by atoms with Crippen molar-refractivity contribution in [2.75, 3.05) is 45.3 Å². The van der Waals surface area contributed by atoms with Crippen LogP contribution in [0.3, 0.4) is 0 Å². The fraction of sp³-hybridized carbons (Fsp3) is 0.304. The maximum Gasteiger partial charge on any atom is 0.246 e. The van der Waals surface area contributed by atoms with Crippen molar-refractivity contribution in [2.45, 2.75) is 6.92 Å². The van der Waals surface area contributed by atoms with Gasteiger partial charge in [0.2, 0.25) is 11.9 Å². The van der Waals surface area contributed by atoms with E-state index in [-0.39, 0.29) is 5.91 Å². The quantitative estimate of drug-likeness (QED) is 0.629. The number of aromatic nitrogens is 3. The second-order valence-electron chi connectivity index (χ2n) is 7.20. The standard InChI is InChI=1S/C23H25N5O3/c1-16(29)27-12-14-28(15-13-27)23-24-21(17-8-4-6-10-19(17)30-2)22(25-26-23)18-9-5-7-11-20(18)31-3/h4-11H,12-15H2,1-3H3. The average Bonchev–Trinajstić information content (AvgIpc) is 2.83. The van der Waals surface area contributed by atoms with Crippen LogP contribution >= 0.6 is 0 Å². The molecular weight excluding hydrogens is 394 g/mol. The van der Waals surface area contributed by atoms with Crippen molar-refractivity contribution in [2.24, 2.45) is 0 Å². The lowest BCUT2D eigenvalue weighted by Crippen LogP contribution is -2.48. The van der Waals surface area contributed by atoms with Gasteiger partial charge in [0.15, 0.2) is 0 Å². The Balaban J connectivity index is 1.81. The number of rotatable bonds is 5. The molecule has 0 aliphatic carbocycles. The Morgan fingerprint density at radius 3 is 1.90 bits per heavy atom. The molecule has 4 rings (SSSR count). The number of anilines is 1. The summed E-state index contributed by atoms with van der Waals surface area (Å²) in [6.07, 6.45) is 0. The van der Waals surface area contributed by atoms with Gasteiger partial charge < -0.3 is 19.3 Å². The van der Waals surface area contributed by atoms with Gasteiger partial charge in [0.25, 0.3) is 0 Å². The number of amides is 1. The van der Waals surface area contributed by atoms with Crippen LogP contribution in [0.4, 0.5) is 5.95 Å². The van der Waals surface area contributed by atoms with Crippen molar-refractivity contribution < 1.29 is 14.3 Å². The Morgan fingerprint density at radius 2 is 1.35 bits per heavy atom. The van der Waals surface area contributed by atoms with Crippen LogP contribution in [-0.2, 0) is 4.79 Å². The lowest BCUT2D eigenvalue weighted by Gasteiger charge is -2.34. The molecule has 1 aliphatic rings. The van der Waals surface area contributed by atoms with Gasteiger partial charge in [-0.05, 0) is 24.3 Å². The third-order valence-corrected chi connectivity index (χ3v) is 5.41. The Morgan fingerprint density at radius 1 is 0.806 bits per heavy atom. The van der Waals surface area contributed by atoms with Gasteiger partial charge in [-0.15, -0.1) is 10.2 Å². The fourth-order valence-corrected chi connectivity index (χ4v) is 3.72. The van der Waals surface area contributed by atoms with E-state index in [0.717, 1.165) is 11.1 Å². The van der Waals surface area contributed by atoms with Gasteiger partial charge in [0.05, 0.1) is 14.2 Å². The monoisotopic (exact) mass is 419 g/mol. The van der Waals surface area contributed by atoms with Crippen molar-refractivity contribution in [3.8, 4) is 34.0 Å². The maximum absolute atomic E-state index is 11.7. The molecule has 0 bridgehead atoms. The molecule has 1 aromatic heterocycles. The Labute approximate surface area is 181 Å². The number of piperazine rings is 1. The first-order valence-electron chi connectivity index (χ1n) is 10.1. The van der Waals surface area contributed by atoms with E-state index < -0.39 is 0 Å². The van der Waals surface area contributed by atoms with Gasteiger partial charge >= 0.3 is 0 Å². The molecule has 0 unspecified atom stereocenters. The van der Waals surface area contributed by atoms with Crippen LogP contribution in [0.5, 0.6) is 11.5 Å². The van der Waals surface area contributed by atoms with Gasteiger partial charge in [-0.25, -0.2) is 4.98 Å². The van der Waals surface area contributed by atoms with E-state index in [1.165, 1.54) is 0 Å². The average molecular weight is 419 g/mol. The Bertz CT molecular complexity index is 1080. The number of carbonyl (C=O) groups is 1. The number of nitrogens with zero attached hydrogens (tertiary/aromatic N) is 5. The minimum atomic E-state index is 0.0833. The second-order valence-corrected chi connectivity index (χ2v) is 7.20. The molecule has 8 heteroatoms. The molecule has 31 heavy (non-hydrogen) atoms. The van der Waals surface area contributed by atoms with E-state index in [2.05, 4.69) is 15.1 Å². The molecule has 160 valence electrons. The summed E-state index contributed by atoms with van der Waals surface area (Å²) in [5.74, 6) is 2.01. The summed E-state index contributed by atoms with van der Waals surface area (Å²) >= 11 is 0. The van der Waals surface area contributed by atoms with Crippen molar-refractivity contribution in [3.05, 3.63) is 48.5 Å². The predicted octanol–water partition coefficient (Wildman–Crippen LogP) is 2.89. The first kappa shape index (κ1) is 20.6. The third kappa shape index (κ3) is 4.14. The number of hydrogen-bond acceptors (Lipinski definition) is 7. The molecule has 0 saturated carbocycles. The van der Waals surface area contributed by atoms with Crippen molar-refractivity contribution in [3.63, 3.8) is 0 Å². The van der Waals surface area contributed by atoms with Gasteiger partial charge in [-0.2, -0.15) is 0 Å². The van der Waals surface area contributed by atoms with Crippen molar-refractivity contribution in [1.29, 1.82) is 0 Å². The van der Waals surface area contributed by atoms with E-state index in [9.17, 15) is 4.79 Å². The summed E-state index contributed by atoms with van der Waals surface area (Å²) in [6.45, 7) is 4.17. The zero-order valence-corrected chi connectivity index (χ0v) is 17.9. The van der Waals surface area contributed by atoms with E-state index in [0.29, 0.717) is 55.0 Å². The smallest absolute Gasteiger partial charge is 0.246 e. The highest BCUT2D eigenvalue weighted by molar-refractivity contribution is 5.83. The highest BCUT2D eigenvalue weighted by atomic mass is 16.5. The van der Waals surface area contributed by atoms with Gasteiger partial charge in [-0.3, -0.25) is 4.79 Å². The summed E-state index contributed by atoms with van der Waals surface area (Å²) in [5, 5.41) is 9.00. The first-order valence-corrected chi connectivity index (χ1v) is 10.1.